The maximum Gasteiger partial charge on any atom is 0.254 e. The molecule has 0 N–H and O–H groups in total. The smallest absolute Gasteiger partial charge is 0.254 e. The van der Waals surface area contributed by atoms with E-state index in [-0.39, 0.29) is 11.8 Å². The second-order valence-electron chi connectivity index (χ2n) is 7.71. The molecule has 0 radical (unpaired) electrons. The first-order valence-corrected chi connectivity index (χ1v) is 10.8. The Kier molecular flexibility index (Phi) is 6.46. The van der Waals surface area contributed by atoms with E-state index in [0.29, 0.717) is 54.7 Å². The highest BCUT2D eigenvalue weighted by Gasteiger charge is 2.25. The Hall–Kier alpha value is -3.32. The fourth-order valence-corrected chi connectivity index (χ4v) is 3.85. The molecule has 1 aliphatic rings. The molecule has 0 spiro atoms. The summed E-state index contributed by atoms with van der Waals surface area (Å²) < 4.78 is 10.9. The van der Waals surface area contributed by atoms with Crippen LogP contribution in [0.5, 0.6) is 5.75 Å². The normalized spacial score (nSPS) is 13.8. The summed E-state index contributed by atoms with van der Waals surface area (Å²) in [7, 11) is 0. The fraction of sp³-hybridized carbons (Fsp3) is 0.292. The molecule has 166 valence electrons. The van der Waals surface area contributed by atoms with Gasteiger partial charge in [-0.1, -0.05) is 22.8 Å². The van der Waals surface area contributed by atoms with E-state index in [9.17, 15) is 9.59 Å². The van der Waals surface area contributed by atoms with Gasteiger partial charge >= 0.3 is 0 Å². The minimum Gasteiger partial charge on any atom is -0.489 e. The van der Waals surface area contributed by atoms with Gasteiger partial charge in [-0.25, -0.2) is 0 Å². The maximum absolute atomic E-state index is 12.9. The van der Waals surface area contributed by atoms with Crippen molar-refractivity contribution in [2.45, 2.75) is 20.5 Å². The Balaban J connectivity index is 1.31. The topological polar surface area (TPSA) is 75.9 Å². The van der Waals surface area contributed by atoms with Crippen LogP contribution in [0, 0.1) is 13.8 Å². The van der Waals surface area contributed by atoms with Crippen molar-refractivity contribution in [1.82, 2.24) is 15.0 Å². The number of halogens is 1. The predicted molar refractivity (Wildman–Crippen MR) is 120 cm³/mol. The molecule has 0 unspecified atom stereocenters. The molecular weight excluding hydrogens is 430 g/mol. The lowest BCUT2D eigenvalue weighted by atomic mass is 10.1. The lowest BCUT2D eigenvalue weighted by Crippen LogP contribution is -2.50. The molecule has 1 fully saturated rings. The Bertz CT molecular complexity index is 1100. The maximum atomic E-state index is 12.9. The second-order valence-corrected chi connectivity index (χ2v) is 8.15. The number of carbonyl (C=O) groups is 2. The number of rotatable bonds is 5. The summed E-state index contributed by atoms with van der Waals surface area (Å²) in [5.41, 5.74) is 2.88. The van der Waals surface area contributed by atoms with Crippen LogP contribution < -0.4 is 4.74 Å². The van der Waals surface area contributed by atoms with E-state index in [2.05, 4.69) is 5.16 Å². The summed E-state index contributed by atoms with van der Waals surface area (Å²) in [6.45, 7) is 6.01. The van der Waals surface area contributed by atoms with Gasteiger partial charge in [-0.2, -0.15) is 0 Å². The van der Waals surface area contributed by atoms with Gasteiger partial charge in [-0.3, -0.25) is 9.59 Å². The standard InChI is InChI=1S/C24H24ClN3O4/c1-16-22(17(2)32-26-16)15-31-21-8-6-18(7-9-21)23(29)27-10-12-28(13-11-27)24(30)19-4-3-5-20(25)14-19/h3-9,14H,10-13,15H2,1-2H3. The van der Waals surface area contributed by atoms with Gasteiger partial charge in [0.25, 0.3) is 11.8 Å². The van der Waals surface area contributed by atoms with Crippen molar-refractivity contribution < 1.29 is 18.8 Å². The number of piperazine rings is 1. The molecule has 3 aromatic rings. The molecule has 4 rings (SSSR count). The summed E-state index contributed by atoms with van der Waals surface area (Å²) in [6.07, 6.45) is 0. The molecule has 1 aromatic heterocycles. The summed E-state index contributed by atoms with van der Waals surface area (Å²) in [4.78, 5) is 29.1. The summed E-state index contributed by atoms with van der Waals surface area (Å²) >= 11 is 5.99. The van der Waals surface area contributed by atoms with Crippen molar-refractivity contribution >= 4 is 23.4 Å². The molecule has 7 nitrogen and oxygen atoms in total. The van der Waals surface area contributed by atoms with Gasteiger partial charge in [0.05, 0.1) is 11.3 Å². The number of carbonyl (C=O) groups excluding carboxylic acids is 2. The van der Waals surface area contributed by atoms with Crippen LogP contribution in [0.3, 0.4) is 0 Å². The average Bonchev–Trinajstić information content (AvgIpc) is 3.14. The third-order valence-corrected chi connectivity index (χ3v) is 5.83. The zero-order valence-electron chi connectivity index (χ0n) is 18.0. The van der Waals surface area contributed by atoms with Gasteiger partial charge in [0.1, 0.15) is 18.1 Å². The van der Waals surface area contributed by atoms with E-state index >= 15 is 0 Å². The minimum absolute atomic E-state index is 0.0582. The minimum atomic E-state index is -0.0700. The highest BCUT2D eigenvalue weighted by atomic mass is 35.5. The zero-order chi connectivity index (χ0) is 22.7. The number of amides is 2. The number of ether oxygens (including phenoxy) is 1. The SMILES string of the molecule is Cc1noc(C)c1COc1ccc(C(=O)N2CCN(C(=O)c3cccc(Cl)c3)CC2)cc1. The number of hydrogen-bond donors (Lipinski definition) is 0. The van der Waals surface area contributed by atoms with E-state index in [1.54, 1.807) is 58.3 Å². The predicted octanol–water partition coefficient (Wildman–Crippen LogP) is 4.12. The molecular formula is C24H24ClN3O4. The van der Waals surface area contributed by atoms with E-state index in [1.165, 1.54) is 0 Å². The molecule has 1 saturated heterocycles. The molecule has 0 atom stereocenters. The van der Waals surface area contributed by atoms with Crippen molar-refractivity contribution in [1.29, 1.82) is 0 Å². The second kappa shape index (κ2) is 9.44. The van der Waals surface area contributed by atoms with Gasteiger partial charge in [-0.15, -0.1) is 0 Å². The summed E-state index contributed by atoms with van der Waals surface area (Å²) in [5, 5.41) is 4.45. The highest BCUT2D eigenvalue weighted by molar-refractivity contribution is 6.30. The van der Waals surface area contributed by atoms with Crippen LogP contribution in [-0.4, -0.2) is 52.9 Å². The third kappa shape index (κ3) is 4.78. The third-order valence-electron chi connectivity index (χ3n) is 5.59. The monoisotopic (exact) mass is 453 g/mol. The summed E-state index contributed by atoms with van der Waals surface area (Å²) in [5.74, 6) is 1.28. The Morgan fingerprint density at radius 2 is 1.59 bits per heavy atom. The molecule has 0 aliphatic carbocycles. The summed E-state index contributed by atoms with van der Waals surface area (Å²) in [6, 6.07) is 14.0. The van der Waals surface area contributed by atoms with Crippen molar-refractivity contribution in [2.24, 2.45) is 0 Å². The fourth-order valence-electron chi connectivity index (χ4n) is 3.66. The number of nitrogens with zero attached hydrogens (tertiary/aromatic N) is 3. The van der Waals surface area contributed by atoms with E-state index in [4.69, 9.17) is 20.9 Å². The average molecular weight is 454 g/mol. The Labute approximate surface area is 191 Å². The van der Waals surface area contributed by atoms with Gasteiger partial charge in [-0.05, 0) is 56.3 Å². The molecule has 0 bridgehead atoms. The Morgan fingerprint density at radius 3 is 2.16 bits per heavy atom. The van der Waals surface area contributed by atoms with Gasteiger partial charge < -0.3 is 19.1 Å². The van der Waals surface area contributed by atoms with Gasteiger partial charge in [0, 0.05) is 42.3 Å². The molecule has 2 aromatic carbocycles. The first-order chi connectivity index (χ1) is 15.4. The zero-order valence-corrected chi connectivity index (χ0v) is 18.8. The van der Waals surface area contributed by atoms with Crippen LogP contribution in [0.15, 0.2) is 53.1 Å². The first-order valence-electron chi connectivity index (χ1n) is 10.4. The molecule has 2 heterocycles. The number of aryl methyl sites for hydroxylation is 2. The van der Waals surface area contributed by atoms with E-state index in [1.807, 2.05) is 13.8 Å². The van der Waals surface area contributed by atoms with Crippen LogP contribution in [0.25, 0.3) is 0 Å². The number of aromatic nitrogens is 1. The van der Waals surface area contributed by atoms with Crippen LogP contribution in [0.1, 0.15) is 37.7 Å². The van der Waals surface area contributed by atoms with Crippen LogP contribution in [-0.2, 0) is 6.61 Å². The first kappa shape index (κ1) is 21.9. The lowest BCUT2D eigenvalue weighted by Gasteiger charge is -2.35. The highest BCUT2D eigenvalue weighted by Crippen LogP contribution is 2.19. The number of hydrogen-bond acceptors (Lipinski definition) is 5. The molecule has 8 heteroatoms. The van der Waals surface area contributed by atoms with Crippen molar-refractivity contribution in [3.05, 3.63) is 81.7 Å². The van der Waals surface area contributed by atoms with Crippen LogP contribution in [0.4, 0.5) is 0 Å². The van der Waals surface area contributed by atoms with E-state index in [0.717, 1.165) is 17.0 Å². The Morgan fingerprint density at radius 1 is 0.969 bits per heavy atom. The largest absolute Gasteiger partial charge is 0.489 e. The molecule has 0 saturated carbocycles. The van der Waals surface area contributed by atoms with Crippen molar-refractivity contribution in [3.63, 3.8) is 0 Å². The van der Waals surface area contributed by atoms with Crippen LogP contribution >= 0.6 is 11.6 Å². The quantitative estimate of drug-likeness (QED) is 0.580. The van der Waals surface area contributed by atoms with Crippen molar-refractivity contribution in [3.8, 4) is 5.75 Å². The lowest BCUT2D eigenvalue weighted by molar-refractivity contribution is 0.0535. The number of benzene rings is 2. The molecule has 2 amide bonds. The molecule has 1 aliphatic heterocycles. The van der Waals surface area contributed by atoms with Gasteiger partial charge in [0.15, 0.2) is 0 Å². The molecule has 32 heavy (non-hydrogen) atoms. The van der Waals surface area contributed by atoms with Crippen molar-refractivity contribution in [2.75, 3.05) is 26.2 Å². The van der Waals surface area contributed by atoms with Crippen LogP contribution in [0.2, 0.25) is 5.02 Å². The van der Waals surface area contributed by atoms with Gasteiger partial charge in [0.2, 0.25) is 0 Å². The van der Waals surface area contributed by atoms with E-state index < -0.39 is 0 Å².